The standard InChI is InChI=1S/C21H37N5O2.HI/c1-5-22-21(23-9-12-27-11-8-17(2)3)25-15-19-6-7-20(24-14-19)26-10-13-28-18(4)16-26;/h6-7,14,17-18H,5,8-13,15-16H2,1-4H3,(H2,22,23,25);1H. The summed E-state index contributed by atoms with van der Waals surface area (Å²) in [5.74, 6) is 2.49. The maximum Gasteiger partial charge on any atom is 0.191 e. The summed E-state index contributed by atoms with van der Waals surface area (Å²) >= 11 is 0. The minimum Gasteiger partial charge on any atom is -0.380 e. The molecule has 166 valence electrons. The second kappa shape index (κ2) is 14.8. The lowest BCUT2D eigenvalue weighted by Crippen LogP contribution is -2.41. The van der Waals surface area contributed by atoms with E-state index in [1.54, 1.807) is 0 Å². The summed E-state index contributed by atoms with van der Waals surface area (Å²) in [6, 6.07) is 4.18. The molecule has 29 heavy (non-hydrogen) atoms. The molecular formula is C21H38IN5O2. The molecule has 0 spiro atoms. The Morgan fingerprint density at radius 2 is 2.17 bits per heavy atom. The van der Waals surface area contributed by atoms with Crippen LogP contribution in [0.4, 0.5) is 5.82 Å². The fourth-order valence-electron chi connectivity index (χ4n) is 2.90. The average Bonchev–Trinajstić information content (AvgIpc) is 2.69. The van der Waals surface area contributed by atoms with E-state index in [0.717, 1.165) is 63.2 Å². The third-order valence-electron chi connectivity index (χ3n) is 4.52. The largest absolute Gasteiger partial charge is 0.380 e. The number of hydrogen-bond donors (Lipinski definition) is 2. The van der Waals surface area contributed by atoms with Gasteiger partial charge in [-0.3, -0.25) is 0 Å². The van der Waals surface area contributed by atoms with Crippen LogP contribution in [0, 0.1) is 5.92 Å². The fourth-order valence-corrected chi connectivity index (χ4v) is 2.90. The summed E-state index contributed by atoms with van der Waals surface area (Å²) in [6.45, 7) is 14.8. The number of anilines is 1. The van der Waals surface area contributed by atoms with Crippen molar-refractivity contribution in [3.05, 3.63) is 23.9 Å². The molecule has 1 aromatic heterocycles. The number of aromatic nitrogens is 1. The Balaban J connectivity index is 0.00000420. The SMILES string of the molecule is CCNC(=NCc1ccc(N2CCOC(C)C2)nc1)NCCOCCC(C)C.I. The second-order valence-corrected chi connectivity index (χ2v) is 7.57. The summed E-state index contributed by atoms with van der Waals surface area (Å²) < 4.78 is 11.2. The van der Waals surface area contributed by atoms with E-state index in [1.807, 2.05) is 6.20 Å². The number of hydrogen-bond acceptors (Lipinski definition) is 5. The van der Waals surface area contributed by atoms with E-state index in [1.165, 1.54) is 0 Å². The van der Waals surface area contributed by atoms with Crippen molar-refractivity contribution in [1.82, 2.24) is 15.6 Å². The molecule has 8 heteroatoms. The number of morpholine rings is 1. The predicted molar refractivity (Wildman–Crippen MR) is 130 cm³/mol. The van der Waals surface area contributed by atoms with Gasteiger partial charge in [-0.1, -0.05) is 19.9 Å². The number of guanidine groups is 1. The Kier molecular flexibility index (Phi) is 13.2. The topological polar surface area (TPSA) is 71.0 Å². The molecule has 2 N–H and O–H groups in total. The van der Waals surface area contributed by atoms with Crippen LogP contribution in [0.3, 0.4) is 0 Å². The van der Waals surface area contributed by atoms with Crippen molar-refractivity contribution < 1.29 is 9.47 Å². The summed E-state index contributed by atoms with van der Waals surface area (Å²) in [7, 11) is 0. The molecule has 0 bridgehead atoms. The highest BCUT2D eigenvalue weighted by Gasteiger charge is 2.17. The summed E-state index contributed by atoms with van der Waals surface area (Å²) in [6.07, 6.45) is 3.26. The molecule has 0 aromatic carbocycles. The van der Waals surface area contributed by atoms with Crippen LogP contribution in [0.1, 0.15) is 39.7 Å². The van der Waals surface area contributed by atoms with Crippen LogP contribution in [-0.2, 0) is 16.0 Å². The van der Waals surface area contributed by atoms with Gasteiger partial charge in [0, 0.05) is 39.0 Å². The molecule has 1 aliphatic heterocycles. The van der Waals surface area contributed by atoms with Crippen LogP contribution < -0.4 is 15.5 Å². The van der Waals surface area contributed by atoms with Crippen molar-refractivity contribution in [3.8, 4) is 0 Å². The number of rotatable bonds is 10. The monoisotopic (exact) mass is 519 g/mol. The molecule has 1 saturated heterocycles. The Hall–Kier alpha value is -1.13. The number of aliphatic imine (C=N–C) groups is 1. The molecule has 2 rings (SSSR count). The molecule has 1 aliphatic rings. The highest BCUT2D eigenvalue weighted by molar-refractivity contribution is 14.0. The third-order valence-corrected chi connectivity index (χ3v) is 4.52. The summed E-state index contributed by atoms with van der Waals surface area (Å²) in [4.78, 5) is 11.5. The molecule has 0 radical (unpaired) electrons. The Labute approximate surface area is 193 Å². The molecule has 1 atom stereocenters. The van der Waals surface area contributed by atoms with Gasteiger partial charge < -0.3 is 25.0 Å². The third kappa shape index (κ3) is 10.5. The van der Waals surface area contributed by atoms with Gasteiger partial charge in [0.1, 0.15) is 5.82 Å². The zero-order valence-corrected chi connectivity index (χ0v) is 20.6. The van der Waals surface area contributed by atoms with Gasteiger partial charge in [0.05, 0.1) is 25.9 Å². The Morgan fingerprint density at radius 3 is 2.83 bits per heavy atom. The molecule has 0 saturated carbocycles. The zero-order valence-electron chi connectivity index (χ0n) is 18.3. The van der Waals surface area contributed by atoms with E-state index in [4.69, 9.17) is 9.47 Å². The first kappa shape index (κ1) is 25.9. The second-order valence-electron chi connectivity index (χ2n) is 7.57. The van der Waals surface area contributed by atoms with Gasteiger partial charge in [-0.15, -0.1) is 24.0 Å². The van der Waals surface area contributed by atoms with E-state index >= 15 is 0 Å². The van der Waals surface area contributed by atoms with Crippen molar-refractivity contribution in [3.63, 3.8) is 0 Å². The maximum absolute atomic E-state index is 5.65. The number of ether oxygens (including phenoxy) is 2. The van der Waals surface area contributed by atoms with Crippen molar-refractivity contribution in [1.29, 1.82) is 0 Å². The highest BCUT2D eigenvalue weighted by Crippen LogP contribution is 2.15. The van der Waals surface area contributed by atoms with Crippen molar-refractivity contribution in [2.45, 2.75) is 46.8 Å². The van der Waals surface area contributed by atoms with Crippen LogP contribution in [-0.4, -0.2) is 63.0 Å². The molecule has 0 amide bonds. The van der Waals surface area contributed by atoms with Gasteiger partial charge in [0.25, 0.3) is 0 Å². The summed E-state index contributed by atoms with van der Waals surface area (Å²) in [5, 5.41) is 6.59. The van der Waals surface area contributed by atoms with Crippen molar-refractivity contribution >= 4 is 35.8 Å². The van der Waals surface area contributed by atoms with Gasteiger partial charge >= 0.3 is 0 Å². The van der Waals surface area contributed by atoms with Crippen molar-refractivity contribution in [2.24, 2.45) is 10.9 Å². The van der Waals surface area contributed by atoms with E-state index in [-0.39, 0.29) is 30.1 Å². The smallest absolute Gasteiger partial charge is 0.191 e. The first-order valence-corrected chi connectivity index (χ1v) is 10.5. The Bertz CT molecular complexity index is 583. The number of pyridine rings is 1. The molecule has 1 aromatic rings. The zero-order chi connectivity index (χ0) is 20.2. The lowest BCUT2D eigenvalue weighted by molar-refractivity contribution is 0.0529. The number of halogens is 1. The first-order valence-electron chi connectivity index (χ1n) is 10.5. The molecule has 7 nitrogen and oxygen atoms in total. The van der Waals surface area contributed by atoms with Crippen LogP contribution in [0.25, 0.3) is 0 Å². The molecule has 2 heterocycles. The molecule has 0 aliphatic carbocycles. The summed E-state index contributed by atoms with van der Waals surface area (Å²) in [5.41, 5.74) is 1.09. The van der Waals surface area contributed by atoms with E-state index < -0.39 is 0 Å². The highest BCUT2D eigenvalue weighted by atomic mass is 127. The molecular weight excluding hydrogens is 481 g/mol. The van der Waals surface area contributed by atoms with Crippen LogP contribution in [0.5, 0.6) is 0 Å². The quantitative estimate of drug-likeness (QED) is 0.214. The van der Waals surface area contributed by atoms with Gasteiger partial charge in [-0.2, -0.15) is 0 Å². The Morgan fingerprint density at radius 1 is 1.34 bits per heavy atom. The van der Waals surface area contributed by atoms with E-state index in [2.05, 4.69) is 65.3 Å². The predicted octanol–water partition coefficient (Wildman–Crippen LogP) is 3.04. The van der Waals surface area contributed by atoms with Crippen LogP contribution in [0.15, 0.2) is 23.3 Å². The minimum absolute atomic E-state index is 0. The lowest BCUT2D eigenvalue weighted by Gasteiger charge is -2.32. The van der Waals surface area contributed by atoms with Crippen LogP contribution >= 0.6 is 24.0 Å². The average molecular weight is 519 g/mol. The molecule has 1 unspecified atom stereocenters. The van der Waals surface area contributed by atoms with Gasteiger partial charge in [-0.25, -0.2) is 9.98 Å². The fraction of sp³-hybridized carbons (Fsp3) is 0.714. The lowest BCUT2D eigenvalue weighted by atomic mass is 10.1. The van der Waals surface area contributed by atoms with Gasteiger partial charge in [0.2, 0.25) is 0 Å². The van der Waals surface area contributed by atoms with E-state index in [0.29, 0.717) is 19.1 Å². The number of nitrogens with one attached hydrogen (secondary N) is 2. The van der Waals surface area contributed by atoms with Gasteiger partial charge in [0.15, 0.2) is 5.96 Å². The van der Waals surface area contributed by atoms with Gasteiger partial charge in [-0.05, 0) is 37.8 Å². The minimum atomic E-state index is 0. The number of nitrogens with zero attached hydrogens (tertiary/aromatic N) is 3. The molecule has 1 fully saturated rings. The van der Waals surface area contributed by atoms with Crippen LogP contribution in [0.2, 0.25) is 0 Å². The van der Waals surface area contributed by atoms with E-state index in [9.17, 15) is 0 Å². The van der Waals surface area contributed by atoms with Crippen molar-refractivity contribution in [2.75, 3.05) is 50.9 Å². The first-order chi connectivity index (χ1) is 13.6. The normalized spacial score (nSPS) is 17.2. The maximum atomic E-state index is 5.65.